The van der Waals surface area contributed by atoms with Crippen molar-refractivity contribution in [3.8, 4) is 0 Å². The molecule has 1 saturated heterocycles. The molecule has 0 radical (unpaired) electrons. The number of benzene rings is 1. The number of anilines is 1. The first-order chi connectivity index (χ1) is 7.91. The van der Waals surface area contributed by atoms with Gasteiger partial charge in [-0.2, -0.15) is 0 Å². The van der Waals surface area contributed by atoms with Crippen molar-refractivity contribution in [3.05, 3.63) is 29.3 Å². The number of hydrogen-bond donors (Lipinski definition) is 1. The van der Waals surface area contributed by atoms with Gasteiger partial charge in [0, 0.05) is 24.3 Å². The van der Waals surface area contributed by atoms with Crippen molar-refractivity contribution in [1.29, 1.82) is 0 Å². The predicted molar refractivity (Wildman–Crippen MR) is 69.9 cm³/mol. The molecule has 1 aliphatic heterocycles. The second kappa shape index (κ2) is 4.06. The predicted octanol–water partition coefficient (Wildman–Crippen LogP) is 2.45. The number of amides is 1. The standard InChI is InChI=1S/C14H20N2O/c1-10-11(5-4-6-12(10)15)13(17)16-8-7-14(2,3)9-16/h4-6H,7-9,15H2,1-3H3. The average Bonchev–Trinajstić information content (AvgIpc) is 2.62. The van der Waals surface area contributed by atoms with Crippen LogP contribution < -0.4 is 5.73 Å². The number of nitrogen functional groups attached to an aromatic ring is 1. The van der Waals surface area contributed by atoms with Crippen LogP contribution in [0.5, 0.6) is 0 Å². The summed E-state index contributed by atoms with van der Waals surface area (Å²) >= 11 is 0. The highest BCUT2D eigenvalue weighted by molar-refractivity contribution is 5.97. The minimum Gasteiger partial charge on any atom is -0.398 e. The molecule has 0 aliphatic carbocycles. The second-order valence-corrected chi connectivity index (χ2v) is 5.66. The topological polar surface area (TPSA) is 46.3 Å². The minimum atomic E-state index is 0.111. The maximum absolute atomic E-state index is 12.4. The molecule has 1 amide bonds. The van der Waals surface area contributed by atoms with Crippen LogP contribution >= 0.6 is 0 Å². The lowest BCUT2D eigenvalue weighted by atomic mass is 9.93. The zero-order valence-corrected chi connectivity index (χ0v) is 10.8. The number of carbonyl (C=O) groups is 1. The highest BCUT2D eigenvalue weighted by Crippen LogP contribution is 2.30. The van der Waals surface area contributed by atoms with E-state index in [2.05, 4.69) is 13.8 Å². The summed E-state index contributed by atoms with van der Waals surface area (Å²) in [6, 6.07) is 5.54. The summed E-state index contributed by atoms with van der Waals surface area (Å²) in [5, 5.41) is 0. The monoisotopic (exact) mass is 232 g/mol. The first-order valence-corrected chi connectivity index (χ1v) is 6.05. The van der Waals surface area contributed by atoms with Gasteiger partial charge in [0.1, 0.15) is 0 Å². The minimum absolute atomic E-state index is 0.111. The van der Waals surface area contributed by atoms with E-state index in [1.54, 1.807) is 0 Å². The van der Waals surface area contributed by atoms with E-state index in [4.69, 9.17) is 5.73 Å². The maximum atomic E-state index is 12.4. The lowest BCUT2D eigenvalue weighted by Crippen LogP contribution is -2.30. The highest BCUT2D eigenvalue weighted by Gasteiger charge is 2.32. The second-order valence-electron chi connectivity index (χ2n) is 5.66. The van der Waals surface area contributed by atoms with Gasteiger partial charge in [-0.3, -0.25) is 4.79 Å². The number of rotatable bonds is 1. The SMILES string of the molecule is Cc1c(N)cccc1C(=O)N1CCC(C)(C)C1. The van der Waals surface area contributed by atoms with Crippen molar-refractivity contribution in [1.82, 2.24) is 4.90 Å². The van der Waals surface area contributed by atoms with Crippen LogP contribution in [0.4, 0.5) is 5.69 Å². The Labute approximate surface area is 103 Å². The number of nitrogens with zero attached hydrogens (tertiary/aromatic N) is 1. The third-order valence-corrected chi connectivity index (χ3v) is 3.57. The summed E-state index contributed by atoms with van der Waals surface area (Å²) in [5.74, 6) is 0.111. The molecular formula is C14H20N2O. The Morgan fingerprint density at radius 3 is 2.71 bits per heavy atom. The van der Waals surface area contributed by atoms with Gasteiger partial charge in [0.2, 0.25) is 0 Å². The van der Waals surface area contributed by atoms with Gasteiger partial charge in [-0.15, -0.1) is 0 Å². The molecule has 0 aromatic heterocycles. The molecule has 0 bridgehead atoms. The molecule has 3 heteroatoms. The Hall–Kier alpha value is -1.51. The van der Waals surface area contributed by atoms with Gasteiger partial charge >= 0.3 is 0 Å². The van der Waals surface area contributed by atoms with E-state index in [1.165, 1.54) is 0 Å². The van der Waals surface area contributed by atoms with Gasteiger partial charge in [0.25, 0.3) is 5.91 Å². The van der Waals surface area contributed by atoms with Crippen LogP contribution in [0.15, 0.2) is 18.2 Å². The molecule has 0 unspecified atom stereocenters. The number of carbonyl (C=O) groups excluding carboxylic acids is 1. The van der Waals surface area contributed by atoms with Crippen LogP contribution in [-0.4, -0.2) is 23.9 Å². The molecule has 3 nitrogen and oxygen atoms in total. The Kier molecular flexibility index (Phi) is 2.86. The van der Waals surface area contributed by atoms with Gasteiger partial charge in [-0.25, -0.2) is 0 Å². The van der Waals surface area contributed by atoms with E-state index >= 15 is 0 Å². The molecule has 1 aliphatic rings. The zero-order valence-electron chi connectivity index (χ0n) is 10.8. The molecule has 1 heterocycles. The summed E-state index contributed by atoms with van der Waals surface area (Å²) < 4.78 is 0. The van der Waals surface area contributed by atoms with Gasteiger partial charge in [-0.1, -0.05) is 19.9 Å². The molecule has 0 spiro atoms. The molecular weight excluding hydrogens is 212 g/mol. The molecule has 92 valence electrons. The first kappa shape index (κ1) is 12.0. The van der Waals surface area contributed by atoms with Crippen molar-refractivity contribution >= 4 is 11.6 Å². The third kappa shape index (κ3) is 2.28. The van der Waals surface area contributed by atoms with Crippen molar-refractivity contribution in [2.75, 3.05) is 18.8 Å². The third-order valence-electron chi connectivity index (χ3n) is 3.57. The molecule has 2 rings (SSSR count). The lowest BCUT2D eigenvalue weighted by molar-refractivity contribution is 0.0777. The van der Waals surface area contributed by atoms with Crippen LogP contribution in [0.3, 0.4) is 0 Å². The number of nitrogens with two attached hydrogens (primary N) is 1. The Bertz CT molecular complexity index is 452. The average molecular weight is 232 g/mol. The molecule has 2 N–H and O–H groups in total. The Balaban J connectivity index is 2.24. The lowest BCUT2D eigenvalue weighted by Gasteiger charge is -2.21. The van der Waals surface area contributed by atoms with E-state index < -0.39 is 0 Å². The van der Waals surface area contributed by atoms with Gasteiger partial charge in [0.15, 0.2) is 0 Å². The summed E-state index contributed by atoms with van der Waals surface area (Å²) in [4.78, 5) is 14.3. The first-order valence-electron chi connectivity index (χ1n) is 6.05. The largest absolute Gasteiger partial charge is 0.398 e. The van der Waals surface area contributed by atoms with Crippen molar-refractivity contribution in [3.63, 3.8) is 0 Å². The van der Waals surface area contributed by atoms with Crippen molar-refractivity contribution in [2.24, 2.45) is 5.41 Å². The smallest absolute Gasteiger partial charge is 0.254 e. The molecule has 0 atom stereocenters. The summed E-state index contributed by atoms with van der Waals surface area (Å²) in [6.45, 7) is 7.99. The van der Waals surface area contributed by atoms with Crippen LogP contribution in [0, 0.1) is 12.3 Å². The van der Waals surface area contributed by atoms with Gasteiger partial charge < -0.3 is 10.6 Å². The summed E-state index contributed by atoms with van der Waals surface area (Å²) in [7, 11) is 0. The molecule has 0 saturated carbocycles. The highest BCUT2D eigenvalue weighted by atomic mass is 16.2. The van der Waals surface area contributed by atoms with E-state index in [9.17, 15) is 4.79 Å². The van der Waals surface area contributed by atoms with Crippen LogP contribution in [0.25, 0.3) is 0 Å². The van der Waals surface area contributed by atoms with Crippen molar-refractivity contribution < 1.29 is 4.79 Å². The molecule has 17 heavy (non-hydrogen) atoms. The quantitative estimate of drug-likeness (QED) is 0.756. The zero-order chi connectivity index (χ0) is 12.6. The number of likely N-dealkylation sites (tertiary alicyclic amines) is 1. The molecule has 1 fully saturated rings. The normalized spacial score (nSPS) is 18.4. The van der Waals surface area contributed by atoms with E-state index in [1.807, 2.05) is 30.0 Å². The van der Waals surface area contributed by atoms with Crippen LogP contribution in [0.1, 0.15) is 36.2 Å². The van der Waals surface area contributed by atoms with E-state index in [0.717, 1.165) is 30.6 Å². The Morgan fingerprint density at radius 2 is 2.12 bits per heavy atom. The Morgan fingerprint density at radius 1 is 1.41 bits per heavy atom. The van der Waals surface area contributed by atoms with Crippen LogP contribution in [0.2, 0.25) is 0 Å². The van der Waals surface area contributed by atoms with Gasteiger partial charge in [-0.05, 0) is 36.5 Å². The van der Waals surface area contributed by atoms with E-state index in [0.29, 0.717) is 5.69 Å². The number of hydrogen-bond acceptors (Lipinski definition) is 2. The fourth-order valence-corrected chi connectivity index (χ4v) is 2.34. The summed E-state index contributed by atoms with van der Waals surface area (Å²) in [5.41, 5.74) is 8.40. The van der Waals surface area contributed by atoms with E-state index in [-0.39, 0.29) is 11.3 Å². The molecule has 1 aromatic carbocycles. The fraction of sp³-hybridized carbons (Fsp3) is 0.500. The molecule has 1 aromatic rings. The summed E-state index contributed by atoms with van der Waals surface area (Å²) in [6.07, 6.45) is 1.07. The maximum Gasteiger partial charge on any atom is 0.254 e. The van der Waals surface area contributed by atoms with Crippen LogP contribution in [-0.2, 0) is 0 Å². The van der Waals surface area contributed by atoms with Gasteiger partial charge in [0.05, 0.1) is 0 Å². The fourth-order valence-electron chi connectivity index (χ4n) is 2.34. The van der Waals surface area contributed by atoms with Crippen molar-refractivity contribution in [2.45, 2.75) is 27.2 Å².